The molecule has 0 fully saturated rings. The third-order valence-electron chi connectivity index (χ3n) is 1.79. The molecule has 0 atom stereocenters. The zero-order valence-corrected chi connectivity index (χ0v) is 8.12. The molecular formula is C9H6ClFOS. The molecule has 0 unspecified atom stereocenters. The second-order valence-electron chi connectivity index (χ2n) is 2.65. The summed E-state index contributed by atoms with van der Waals surface area (Å²) in [4.78, 5) is 0.746. The van der Waals surface area contributed by atoms with Gasteiger partial charge in [-0.2, -0.15) is 0 Å². The molecule has 0 amide bonds. The van der Waals surface area contributed by atoms with Gasteiger partial charge in [0, 0.05) is 4.88 Å². The highest BCUT2D eigenvalue weighted by molar-refractivity contribution is 7.19. The first kappa shape index (κ1) is 8.94. The fourth-order valence-electron chi connectivity index (χ4n) is 1.18. The van der Waals surface area contributed by atoms with Crippen molar-refractivity contribution in [2.45, 2.75) is 6.61 Å². The highest BCUT2D eigenvalue weighted by atomic mass is 35.5. The monoisotopic (exact) mass is 216 g/mol. The van der Waals surface area contributed by atoms with Crippen LogP contribution in [0.4, 0.5) is 4.39 Å². The molecule has 0 saturated carbocycles. The molecule has 1 aromatic heterocycles. The summed E-state index contributed by atoms with van der Waals surface area (Å²) in [5, 5.41) is 9.77. The lowest BCUT2D eigenvalue weighted by atomic mass is 10.2. The Bertz CT molecular complexity index is 452. The normalized spacial score (nSPS) is 11.0. The maximum atomic E-state index is 13.3. The van der Waals surface area contributed by atoms with E-state index in [1.807, 2.05) is 0 Å². The van der Waals surface area contributed by atoms with Crippen LogP contribution in [0.5, 0.6) is 0 Å². The average molecular weight is 217 g/mol. The molecule has 0 radical (unpaired) electrons. The van der Waals surface area contributed by atoms with E-state index in [0.717, 1.165) is 10.3 Å². The number of aliphatic hydroxyl groups is 1. The van der Waals surface area contributed by atoms with Crippen LogP contribution < -0.4 is 0 Å². The Labute approximate surface area is 83.4 Å². The molecule has 0 aliphatic carbocycles. The number of thiophene rings is 1. The minimum Gasteiger partial charge on any atom is -0.391 e. The first-order chi connectivity index (χ1) is 6.22. The van der Waals surface area contributed by atoms with Crippen LogP contribution in [0, 0.1) is 5.82 Å². The van der Waals surface area contributed by atoms with Crippen LogP contribution in [-0.4, -0.2) is 5.11 Å². The van der Waals surface area contributed by atoms with Crippen LogP contribution in [0.1, 0.15) is 4.88 Å². The van der Waals surface area contributed by atoms with Gasteiger partial charge in [0.1, 0.15) is 0 Å². The first-order valence-corrected chi connectivity index (χ1v) is 4.89. The maximum absolute atomic E-state index is 13.3. The molecule has 0 aliphatic rings. The van der Waals surface area contributed by atoms with E-state index in [0.29, 0.717) is 4.70 Å². The van der Waals surface area contributed by atoms with Crippen LogP contribution in [0.15, 0.2) is 18.2 Å². The van der Waals surface area contributed by atoms with Crippen molar-refractivity contribution >= 4 is 33.0 Å². The molecule has 0 spiro atoms. The summed E-state index contributed by atoms with van der Waals surface area (Å²) in [6.07, 6.45) is 0. The van der Waals surface area contributed by atoms with Crippen molar-refractivity contribution in [3.63, 3.8) is 0 Å². The molecule has 0 bridgehead atoms. The lowest BCUT2D eigenvalue weighted by Gasteiger charge is -1.93. The molecule has 4 heteroatoms. The van der Waals surface area contributed by atoms with E-state index >= 15 is 0 Å². The number of fused-ring (bicyclic) bond motifs is 1. The van der Waals surface area contributed by atoms with E-state index in [1.54, 1.807) is 12.1 Å². The van der Waals surface area contributed by atoms with E-state index in [1.165, 1.54) is 17.4 Å². The van der Waals surface area contributed by atoms with Crippen molar-refractivity contribution in [2.75, 3.05) is 0 Å². The highest BCUT2D eigenvalue weighted by Gasteiger charge is 2.08. The van der Waals surface area contributed by atoms with Gasteiger partial charge in [-0.25, -0.2) is 4.39 Å². The lowest BCUT2D eigenvalue weighted by molar-refractivity contribution is 0.285. The molecule has 68 valence electrons. The summed E-state index contributed by atoms with van der Waals surface area (Å²) in [6.45, 7) is -0.0591. The number of aliphatic hydroxyl groups excluding tert-OH is 1. The Morgan fingerprint density at radius 2 is 2.23 bits per heavy atom. The Balaban J connectivity index is 2.76. The van der Waals surface area contributed by atoms with Crippen LogP contribution in [-0.2, 0) is 6.61 Å². The molecule has 2 aromatic rings. The summed E-state index contributed by atoms with van der Waals surface area (Å²) in [5.74, 6) is -0.399. The van der Waals surface area contributed by atoms with Crippen molar-refractivity contribution in [1.82, 2.24) is 0 Å². The van der Waals surface area contributed by atoms with Gasteiger partial charge in [0.05, 0.1) is 16.3 Å². The topological polar surface area (TPSA) is 20.2 Å². The van der Waals surface area contributed by atoms with E-state index in [4.69, 9.17) is 16.7 Å². The van der Waals surface area contributed by atoms with E-state index in [2.05, 4.69) is 0 Å². The SMILES string of the molecule is OCc1cc2ccc(Cl)c(F)c2s1. The molecule has 0 saturated heterocycles. The van der Waals surface area contributed by atoms with Crippen LogP contribution in [0.3, 0.4) is 0 Å². The van der Waals surface area contributed by atoms with Crippen LogP contribution in [0.25, 0.3) is 10.1 Å². The van der Waals surface area contributed by atoms with Gasteiger partial charge in [0.2, 0.25) is 0 Å². The summed E-state index contributed by atoms with van der Waals surface area (Å²) in [7, 11) is 0. The second-order valence-corrected chi connectivity index (χ2v) is 4.19. The number of halogens is 2. The van der Waals surface area contributed by atoms with Crippen molar-refractivity contribution in [2.24, 2.45) is 0 Å². The van der Waals surface area contributed by atoms with Crippen molar-refractivity contribution < 1.29 is 9.50 Å². The standard InChI is InChI=1S/C9H6ClFOS/c10-7-2-1-5-3-6(4-12)13-9(5)8(7)11/h1-3,12H,4H2. The minimum absolute atomic E-state index is 0.0591. The van der Waals surface area contributed by atoms with Gasteiger partial charge in [-0.05, 0) is 17.5 Å². The maximum Gasteiger partial charge on any atom is 0.159 e. The second kappa shape index (κ2) is 3.25. The molecule has 13 heavy (non-hydrogen) atoms. The Kier molecular flexibility index (Phi) is 2.24. The smallest absolute Gasteiger partial charge is 0.159 e. The van der Waals surface area contributed by atoms with Gasteiger partial charge < -0.3 is 5.11 Å². The Morgan fingerprint density at radius 1 is 1.46 bits per heavy atom. The van der Waals surface area contributed by atoms with Crippen LogP contribution >= 0.6 is 22.9 Å². The Hall–Kier alpha value is -0.640. The van der Waals surface area contributed by atoms with Gasteiger partial charge >= 0.3 is 0 Å². The minimum atomic E-state index is -0.399. The molecule has 0 aliphatic heterocycles. The van der Waals surface area contributed by atoms with Crippen LogP contribution in [0.2, 0.25) is 5.02 Å². The predicted octanol–water partition coefficient (Wildman–Crippen LogP) is 3.19. The fourth-order valence-corrected chi connectivity index (χ4v) is 2.35. The number of hydrogen-bond donors (Lipinski definition) is 1. The highest BCUT2D eigenvalue weighted by Crippen LogP contribution is 2.31. The predicted molar refractivity (Wildman–Crippen MR) is 52.7 cm³/mol. The van der Waals surface area contributed by atoms with Crippen molar-refractivity contribution in [3.8, 4) is 0 Å². The average Bonchev–Trinajstić information content (AvgIpc) is 2.55. The zero-order chi connectivity index (χ0) is 9.42. The summed E-state index contributed by atoms with van der Waals surface area (Å²) >= 11 is 6.84. The zero-order valence-electron chi connectivity index (χ0n) is 6.55. The third-order valence-corrected chi connectivity index (χ3v) is 3.21. The lowest BCUT2D eigenvalue weighted by Crippen LogP contribution is -1.74. The summed E-state index contributed by atoms with van der Waals surface area (Å²) in [6, 6.07) is 5.03. The van der Waals surface area contributed by atoms with E-state index < -0.39 is 5.82 Å². The third kappa shape index (κ3) is 1.43. The molecule has 2 rings (SSSR count). The molecule has 1 nitrogen and oxygen atoms in total. The van der Waals surface area contributed by atoms with Gasteiger partial charge in [-0.3, -0.25) is 0 Å². The van der Waals surface area contributed by atoms with Crippen molar-refractivity contribution in [3.05, 3.63) is 33.9 Å². The number of rotatable bonds is 1. The van der Waals surface area contributed by atoms with E-state index in [-0.39, 0.29) is 11.6 Å². The summed E-state index contributed by atoms with van der Waals surface area (Å²) in [5.41, 5.74) is 0. The summed E-state index contributed by atoms with van der Waals surface area (Å²) < 4.78 is 13.9. The van der Waals surface area contributed by atoms with Gasteiger partial charge in [0.25, 0.3) is 0 Å². The first-order valence-electron chi connectivity index (χ1n) is 3.69. The van der Waals surface area contributed by atoms with Gasteiger partial charge in [-0.1, -0.05) is 17.7 Å². The molecule has 1 N–H and O–H groups in total. The quantitative estimate of drug-likeness (QED) is 0.776. The largest absolute Gasteiger partial charge is 0.391 e. The van der Waals surface area contributed by atoms with Crippen molar-refractivity contribution in [1.29, 1.82) is 0 Å². The van der Waals surface area contributed by atoms with Gasteiger partial charge in [-0.15, -0.1) is 11.3 Å². The molecular weight excluding hydrogens is 211 g/mol. The Morgan fingerprint density at radius 3 is 2.92 bits per heavy atom. The molecule has 1 heterocycles. The fraction of sp³-hybridized carbons (Fsp3) is 0.111. The number of benzene rings is 1. The number of hydrogen-bond acceptors (Lipinski definition) is 2. The molecule has 1 aromatic carbocycles. The van der Waals surface area contributed by atoms with E-state index in [9.17, 15) is 4.39 Å². The van der Waals surface area contributed by atoms with Gasteiger partial charge in [0.15, 0.2) is 5.82 Å².